The molecule has 0 aliphatic rings. The second-order valence-corrected chi connectivity index (χ2v) is 9.70. The van der Waals surface area contributed by atoms with Crippen LogP contribution in [0.15, 0.2) is 48.5 Å². The summed E-state index contributed by atoms with van der Waals surface area (Å²) in [5.41, 5.74) is 0.877. The predicted octanol–water partition coefficient (Wildman–Crippen LogP) is 3.19. The topological polar surface area (TPSA) is 86.8 Å². The number of rotatable bonds is 10. The Labute approximate surface area is 193 Å². The first kappa shape index (κ1) is 25.6. The molecule has 0 heterocycles. The van der Waals surface area contributed by atoms with Gasteiger partial charge in [0.1, 0.15) is 18.4 Å². The average Bonchev–Trinajstić information content (AvgIpc) is 2.74. The molecule has 2 aromatic carbocycles. The summed E-state index contributed by atoms with van der Waals surface area (Å²) in [6.45, 7) is 3.49. The third kappa shape index (κ3) is 7.20. The highest BCUT2D eigenvalue weighted by Gasteiger charge is 2.30. The van der Waals surface area contributed by atoms with Crippen LogP contribution in [0.5, 0.6) is 0 Å². The molecule has 0 radical (unpaired) electrons. The lowest BCUT2D eigenvalue weighted by Gasteiger charge is -2.31. The number of nitrogens with zero attached hydrogens (tertiary/aromatic N) is 2. The van der Waals surface area contributed by atoms with Crippen molar-refractivity contribution in [3.05, 3.63) is 64.9 Å². The van der Waals surface area contributed by atoms with Crippen LogP contribution in [-0.2, 0) is 26.2 Å². The summed E-state index contributed by atoms with van der Waals surface area (Å²) < 4.78 is 39.0. The summed E-state index contributed by atoms with van der Waals surface area (Å²) in [4.78, 5) is 27.2. The summed E-state index contributed by atoms with van der Waals surface area (Å²) in [5, 5.41) is 3.28. The van der Waals surface area contributed by atoms with E-state index in [1.807, 2.05) is 6.92 Å². The van der Waals surface area contributed by atoms with Gasteiger partial charge in [0.25, 0.3) is 0 Å². The molecule has 0 aliphatic heterocycles. The molecule has 32 heavy (non-hydrogen) atoms. The van der Waals surface area contributed by atoms with Crippen LogP contribution in [0.4, 0.5) is 10.1 Å². The zero-order valence-electron chi connectivity index (χ0n) is 18.2. The summed E-state index contributed by atoms with van der Waals surface area (Å²) in [6.07, 6.45) is 1.70. The first-order valence-corrected chi connectivity index (χ1v) is 12.3. The largest absolute Gasteiger partial charge is 0.354 e. The smallest absolute Gasteiger partial charge is 0.244 e. The van der Waals surface area contributed by atoms with Gasteiger partial charge in [0.2, 0.25) is 21.8 Å². The van der Waals surface area contributed by atoms with Gasteiger partial charge in [-0.25, -0.2) is 12.8 Å². The maximum atomic E-state index is 13.3. The zero-order valence-corrected chi connectivity index (χ0v) is 19.8. The highest BCUT2D eigenvalue weighted by molar-refractivity contribution is 7.92. The van der Waals surface area contributed by atoms with E-state index in [2.05, 4.69) is 5.32 Å². The molecule has 2 amide bonds. The van der Waals surface area contributed by atoms with Crippen LogP contribution in [0.2, 0.25) is 5.02 Å². The van der Waals surface area contributed by atoms with Crippen molar-refractivity contribution in [2.24, 2.45) is 0 Å². The fraction of sp³-hybridized carbons (Fsp3) is 0.364. The SMILES string of the molecule is CCCNC(=O)[C@@H](C)N(Cc1ccc(Cl)cc1)C(=O)CN(c1ccc(F)cc1)S(C)(=O)=O. The van der Waals surface area contributed by atoms with E-state index in [9.17, 15) is 22.4 Å². The van der Waals surface area contributed by atoms with Gasteiger partial charge in [0, 0.05) is 18.1 Å². The van der Waals surface area contributed by atoms with Crippen LogP contribution >= 0.6 is 11.6 Å². The quantitative estimate of drug-likeness (QED) is 0.562. The van der Waals surface area contributed by atoms with E-state index in [-0.39, 0.29) is 18.1 Å². The summed E-state index contributed by atoms with van der Waals surface area (Å²) in [5.74, 6) is -1.45. The van der Waals surface area contributed by atoms with Crippen molar-refractivity contribution < 1.29 is 22.4 Å². The van der Waals surface area contributed by atoms with E-state index >= 15 is 0 Å². The highest BCUT2D eigenvalue weighted by atomic mass is 35.5. The third-order valence-electron chi connectivity index (χ3n) is 4.78. The van der Waals surface area contributed by atoms with Gasteiger partial charge in [-0.3, -0.25) is 13.9 Å². The minimum Gasteiger partial charge on any atom is -0.354 e. The molecule has 10 heteroatoms. The molecule has 0 saturated heterocycles. The van der Waals surface area contributed by atoms with Gasteiger partial charge in [-0.05, 0) is 55.3 Å². The monoisotopic (exact) mass is 483 g/mol. The van der Waals surface area contributed by atoms with E-state index < -0.39 is 34.3 Å². The number of halogens is 2. The standard InChI is InChI=1S/C22H27ClFN3O4S/c1-4-13-25-22(29)16(2)26(14-17-5-7-18(23)8-6-17)21(28)15-27(32(3,30)31)20-11-9-19(24)10-12-20/h5-12,16H,4,13-15H2,1-3H3,(H,25,29)/t16-/m1/s1. The summed E-state index contributed by atoms with van der Waals surface area (Å²) >= 11 is 5.93. The van der Waals surface area contributed by atoms with E-state index in [0.29, 0.717) is 11.6 Å². The minimum atomic E-state index is -3.85. The lowest BCUT2D eigenvalue weighted by molar-refractivity contribution is -0.139. The molecule has 2 aromatic rings. The first-order valence-electron chi connectivity index (χ1n) is 10.1. The molecule has 2 rings (SSSR count). The van der Waals surface area contributed by atoms with E-state index in [1.54, 1.807) is 31.2 Å². The Morgan fingerprint density at radius 2 is 1.69 bits per heavy atom. The van der Waals surface area contributed by atoms with Gasteiger partial charge < -0.3 is 10.2 Å². The predicted molar refractivity (Wildman–Crippen MR) is 123 cm³/mol. The fourth-order valence-electron chi connectivity index (χ4n) is 2.99. The summed E-state index contributed by atoms with van der Waals surface area (Å²) in [6, 6.07) is 10.7. The molecule has 0 fully saturated rings. The number of sulfonamides is 1. The molecule has 0 spiro atoms. The Kier molecular flexibility index (Phi) is 9.03. The Bertz CT molecular complexity index is 1030. The summed E-state index contributed by atoms with van der Waals surface area (Å²) in [7, 11) is -3.85. The normalized spacial score (nSPS) is 12.2. The average molecular weight is 484 g/mol. The van der Waals surface area contributed by atoms with Gasteiger partial charge in [0.15, 0.2) is 0 Å². The van der Waals surface area contributed by atoms with Crippen molar-refractivity contribution in [3.8, 4) is 0 Å². The first-order chi connectivity index (χ1) is 15.0. The lowest BCUT2D eigenvalue weighted by Crippen LogP contribution is -2.51. The Balaban J connectivity index is 2.34. The maximum Gasteiger partial charge on any atom is 0.244 e. The second kappa shape index (κ2) is 11.3. The highest BCUT2D eigenvalue weighted by Crippen LogP contribution is 2.20. The molecule has 0 aromatic heterocycles. The van der Waals surface area contributed by atoms with Crippen molar-refractivity contribution in [2.75, 3.05) is 23.7 Å². The minimum absolute atomic E-state index is 0.0811. The number of amides is 2. The van der Waals surface area contributed by atoms with Crippen LogP contribution in [0.25, 0.3) is 0 Å². The van der Waals surface area contributed by atoms with Gasteiger partial charge in [0.05, 0.1) is 11.9 Å². The maximum absolute atomic E-state index is 13.3. The number of hydrogen-bond acceptors (Lipinski definition) is 4. The van der Waals surface area contributed by atoms with Crippen LogP contribution in [0.3, 0.4) is 0 Å². The van der Waals surface area contributed by atoms with Gasteiger partial charge in [-0.1, -0.05) is 30.7 Å². The number of nitrogens with one attached hydrogen (secondary N) is 1. The van der Waals surface area contributed by atoms with Crippen molar-refractivity contribution in [1.29, 1.82) is 0 Å². The van der Waals surface area contributed by atoms with E-state index in [4.69, 9.17) is 11.6 Å². The molecule has 0 unspecified atom stereocenters. The number of carbonyl (C=O) groups excluding carboxylic acids is 2. The second-order valence-electron chi connectivity index (χ2n) is 7.36. The molecular formula is C22H27ClFN3O4S. The molecule has 7 nitrogen and oxygen atoms in total. The molecule has 0 saturated carbocycles. The Hall–Kier alpha value is -2.65. The van der Waals surface area contributed by atoms with E-state index in [0.717, 1.165) is 34.7 Å². The zero-order chi connectivity index (χ0) is 23.9. The molecule has 1 N–H and O–H groups in total. The van der Waals surface area contributed by atoms with Crippen LogP contribution in [0.1, 0.15) is 25.8 Å². The fourth-order valence-corrected chi connectivity index (χ4v) is 3.96. The van der Waals surface area contributed by atoms with Crippen molar-refractivity contribution in [2.45, 2.75) is 32.9 Å². The molecular weight excluding hydrogens is 457 g/mol. The van der Waals surface area contributed by atoms with Crippen molar-refractivity contribution in [3.63, 3.8) is 0 Å². The van der Waals surface area contributed by atoms with Crippen LogP contribution in [-0.4, -0.2) is 50.5 Å². The van der Waals surface area contributed by atoms with Crippen LogP contribution < -0.4 is 9.62 Å². The number of carbonyl (C=O) groups is 2. The number of benzene rings is 2. The number of anilines is 1. The lowest BCUT2D eigenvalue weighted by atomic mass is 10.1. The number of hydrogen-bond donors (Lipinski definition) is 1. The molecule has 1 atom stereocenters. The third-order valence-corrected chi connectivity index (χ3v) is 6.17. The van der Waals surface area contributed by atoms with Crippen molar-refractivity contribution >= 4 is 39.1 Å². The van der Waals surface area contributed by atoms with E-state index in [1.165, 1.54) is 17.0 Å². The molecule has 174 valence electrons. The van der Waals surface area contributed by atoms with Crippen LogP contribution in [0, 0.1) is 5.82 Å². The molecule has 0 bridgehead atoms. The van der Waals surface area contributed by atoms with Gasteiger partial charge in [-0.15, -0.1) is 0 Å². The Morgan fingerprint density at radius 3 is 2.22 bits per heavy atom. The molecule has 0 aliphatic carbocycles. The van der Waals surface area contributed by atoms with Crippen molar-refractivity contribution in [1.82, 2.24) is 10.2 Å². The van der Waals surface area contributed by atoms with Gasteiger partial charge in [-0.2, -0.15) is 0 Å². The Morgan fingerprint density at radius 1 is 1.09 bits per heavy atom. The van der Waals surface area contributed by atoms with Gasteiger partial charge >= 0.3 is 0 Å².